The van der Waals surface area contributed by atoms with Crippen LogP contribution in [0.3, 0.4) is 0 Å². The molecule has 2 fully saturated rings. The molecule has 4 heterocycles. The Bertz CT molecular complexity index is 965. The molecule has 3 aromatic rings. The predicted octanol–water partition coefficient (Wildman–Crippen LogP) is 3.36. The van der Waals surface area contributed by atoms with Crippen LogP contribution in [0, 0.1) is 0 Å². The van der Waals surface area contributed by atoms with E-state index in [1.54, 1.807) is 31.0 Å². The zero-order chi connectivity index (χ0) is 19.1. The third-order valence-electron chi connectivity index (χ3n) is 5.49. The molecular weight excluding hydrogens is 377 g/mol. The number of piperidine rings is 1. The van der Waals surface area contributed by atoms with E-state index >= 15 is 0 Å². The first-order chi connectivity index (χ1) is 13.7. The van der Waals surface area contributed by atoms with Crippen LogP contribution in [0.1, 0.15) is 19.3 Å². The molecule has 0 spiro atoms. The summed E-state index contributed by atoms with van der Waals surface area (Å²) in [5.41, 5.74) is 2.01. The number of alkyl halides is 1. The lowest BCUT2D eigenvalue weighted by Gasteiger charge is -2.31. The largest absolute Gasteiger partial charge is 0.507 e. The molecule has 2 aliphatic rings. The average Bonchev–Trinajstić information content (AvgIpc) is 3.37. The van der Waals surface area contributed by atoms with Crippen molar-refractivity contribution in [1.29, 1.82) is 0 Å². The van der Waals surface area contributed by atoms with Gasteiger partial charge in [0.2, 0.25) is 0 Å². The van der Waals surface area contributed by atoms with Gasteiger partial charge >= 0.3 is 0 Å². The van der Waals surface area contributed by atoms with E-state index in [1.807, 2.05) is 22.9 Å². The fourth-order valence-electron chi connectivity index (χ4n) is 4.05. The number of aromatic nitrogens is 4. The molecule has 2 bridgehead atoms. The molecule has 2 N–H and O–H groups in total. The van der Waals surface area contributed by atoms with Crippen molar-refractivity contribution in [2.75, 3.05) is 0 Å². The van der Waals surface area contributed by atoms with Gasteiger partial charge in [0.1, 0.15) is 16.9 Å². The van der Waals surface area contributed by atoms with Gasteiger partial charge in [-0.15, -0.1) is 0 Å². The standard InChI is InChI=1S/C20H20FN5OS/c21-20-15-4-1-12(25-15)7-18(20)28-19-10-23-16(9-24-19)14-3-2-13(8-17(14)27)26-6-5-22-11-26/h2-3,5-6,8-12,15,18,20,25,27H,1,4,7H2/t12-,15+,18-,20-/m0/s1. The van der Waals surface area contributed by atoms with Crippen molar-refractivity contribution in [2.45, 2.75) is 47.8 Å². The Morgan fingerprint density at radius 2 is 2.14 bits per heavy atom. The molecule has 0 aliphatic carbocycles. The monoisotopic (exact) mass is 397 g/mol. The summed E-state index contributed by atoms with van der Waals surface area (Å²) in [5, 5.41) is 14.4. The minimum Gasteiger partial charge on any atom is -0.507 e. The predicted molar refractivity (Wildman–Crippen MR) is 105 cm³/mol. The number of nitrogens with zero attached hydrogens (tertiary/aromatic N) is 4. The highest BCUT2D eigenvalue weighted by Gasteiger charge is 2.42. The number of phenolic OH excluding ortho intramolecular Hbond substituents is 1. The van der Waals surface area contributed by atoms with Crippen LogP contribution in [-0.4, -0.2) is 48.1 Å². The molecule has 28 heavy (non-hydrogen) atoms. The summed E-state index contributed by atoms with van der Waals surface area (Å²) in [6, 6.07) is 5.77. The number of aromatic hydroxyl groups is 1. The third kappa shape index (κ3) is 3.27. The normalized spacial score (nSPS) is 26.5. The van der Waals surface area contributed by atoms with Gasteiger partial charge in [0.05, 0.1) is 30.1 Å². The van der Waals surface area contributed by atoms with E-state index in [4.69, 9.17) is 0 Å². The molecule has 0 radical (unpaired) electrons. The number of hydrogen-bond donors (Lipinski definition) is 2. The maximum Gasteiger partial charge on any atom is 0.128 e. The fraction of sp³-hybridized carbons (Fsp3) is 0.350. The highest BCUT2D eigenvalue weighted by Crippen LogP contribution is 2.38. The van der Waals surface area contributed by atoms with Crippen molar-refractivity contribution in [1.82, 2.24) is 24.8 Å². The molecule has 2 saturated heterocycles. The number of nitrogens with one attached hydrogen (secondary N) is 1. The quantitative estimate of drug-likeness (QED) is 0.703. The summed E-state index contributed by atoms with van der Waals surface area (Å²) < 4.78 is 16.4. The van der Waals surface area contributed by atoms with E-state index in [0.717, 1.165) is 24.9 Å². The summed E-state index contributed by atoms with van der Waals surface area (Å²) in [6.45, 7) is 0. The van der Waals surface area contributed by atoms with E-state index < -0.39 is 6.17 Å². The van der Waals surface area contributed by atoms with Crippen LogP contribution in [0.2, 0.25) is 0 Å². The SMILES string of the molecule is Oc1cc(-n2ccnc2)ccc1-c1cnc(S[C@H]2C[C@@H]3CC[C@@H](N3)[C@@H]2F)cn1. The molecule has 0 saturated carbocycles. The second kappa shape index (κ2) is 7.18. The first kappa shape index (κ1) is 17.6. The van der Waals surface area contributed by atoms with Gasteiger partial charge in [0.15, 0.2) is 0 Å². The highest BCUT2D eigenvalue weighted by molar-refractivity contribution is 7.99. The minimum absolute atomic E-state index is 0.0190. The van der Waals surface area contributed by atoms with E-state index in [9.17, 15) is 9.50 Å². The molecular formula is C20H20FN5OS. The Labute approximate surface area is 166 Å². The molecule has 0 unspecified atom stereocenters. The van der Waals surface area contributed by atoms with E-state index in [1.165, 1.54) is 11.8 Å². The minimum atomic E-state index is -0.856. The second-order valence-corrected chi connectivity index (χ2v) is 8.55. The lowest BCUT2D eigenvalue weighted by molar-refractivity contribution is 0.216. The average molecular weight is 397 g/mol. The molecule has 5 rings (SSSR count). The maximum atomic E-state index is 14.6. The maximum absolute atomic E-state index is 14.6. The van der Waals surface area contributed by atoms with Crippen LogP contribution >= 0.6 is 11.8 Å². The van der Waals surface area contributed by atoms with Crippen molar-refractivity contribution in [3.63, 3.8) is 0 Å². The Morgan fingerprint density at radius 3 is 2.89 bits per heavy atom. The molecule has 6 nitrogen and oxygen atoms in total. The number of imidazole rings is 1. The molecule has 0 amide bonds. The van der Waals surface area contributed by atoms with Gasteiger partial charge in [-0.3, -0.25) is 4.98 Å². The van der Waals surface area contributed by atoms with E-state index in [-0.39, 0.29) is 17.0 Å². The van der Waals surface area contributed by atoms with Crippen LogP contribution < -0.4 is 5.32 Å². The highest BCUT2D eigenvalue weighted by atomic mass is 32.2. The van der Waals surface area contributed by atoms with Crippen LogP contribution in [0.25, 0.3) is 16.9 Å². The van der Waals surface area contributed by atoms with Crippen LogP contribution in [-0.2, 0) is 0 Å². The summed E-state index contributed by atoms with van der Waals surface area (Å²) >= 11 is 1.47. The van der Waals surface area contributed by atoms with Crippen molar-refractivity contribution >= 4 is 11.8 Å². The third-order valence-corrected chi connectivity index (χ3v) is 6.70. The fourth-order valence-corrected chi connectivity index (χ4v) is 5.24. The van der Waals surface area contributed by atoms with Gasteiger partial charge in [0.25, 0.3) is 0 Å². The first-order valence-corrected chi connectivity index (χ1v) is 10.3. The number of benzene rings is 1. The molecule has 8 heteroatoms. The summed E-state index contributed by atoms with van der Waals surface area (Å²) in [4.78, 5) is 12.9. The van der Waals surface area contributed by atoms with Crippen LogP contribution in [0.15, 0.2) is 54.3 Å². The number of fused-ring (bicyclic) bond motifs is 2. The van der Waals surface area contributed by atoms with Crippen LogP contribution in [0.4, 0.5) is 4.39 Å². The van der Waals surface area contributed by atoms with Gasteiger partial charge in [0, 0.05) is 41.4 Å². The number of rotatable bonds is 4. The molecule has 4 atom stereocenters. The van der Waals surface area contributed by atoms with Crippen molar-refractivity contribution in [3.8, 4) is 22.7 Å². The molecule has 2 aromatic heterocycles. The molecule has 2 aliphatic heterocycles. The van der Waals surface area contributed by atoms with Gasteiger partial charge in [-0.05, 0) is 31.4 Å². The summed E-state index contributed by atoms with van der Waals surface area (Å²) in [7, 11) is 0. The zero-order valence-electron chi connectivity index (χ0n) is 15.1. The Kier molecular flexibility index (Phi) is 4.52. The van der Waals surface area contributed by atoms with Crippen LogP contribution in [0.5, 0.6) is 5.75 Å². The molecule has 144 valence electrons. The van der Waals surface area contributed by atoms with Crippen molar-refractivity contribution in [3.05, 3.63) is 49.3 Å². The summed E-state index contributed by atoms with van der Waals surface area (Å²) in [5.74, 6) is 0.125. The Morgan fingerprint density at radius 1 is 1.21 bits per heavy atom. The number of hydrogen-bond acceptors (Lipinski definition) is 6. The zero-order valence-corrected chi connectivity index (χ0v) is 15.9. The van der Waals surface area contributed by atoms with Crippen molar-refractivity contribution < 1.29 is 9.50 Å². The lowest BCUT2D eigenvalue weighted by atomic mass is 10.0. The van der Waals surface area contributed by atoms with Gasteiger partial charge in [-0.2, -0.15) is 0 Å². The van der Waals surface area contributed by atoms with Gasteiger partial charge < -0.3 is 15.0 Å². The number of phenols is 1. The first-order valence-electron chi connectivity index (χ1n) is 9.38. The second-order valence-electron chi connectivity index (χ2n) is 7.30. The van der Waals surface area contributed by atoms with Gasteiger partial charge in [-0.25, -0.2) is 14.4 Å². The number of halogens is 1. The smallest absolute Gasteiger partial charge is 0.128 e. The number of thioether (sulfide) groups is 1. The molecule has 1 aromatic carbocycles. The van der Waals surface area contributed by atoms with Gasteiger partial charge in [-0.1, -0.05) is 11.8 Å². The van der Waals surface area contributed by atoms with E-state index in [2.05, 4.69) is 20.3 Å². The lowest BCUT2D eigenvalue weighted by Crippen LogP contribution is -2.48. The summed E-state index contributed by atoms with van der Waals surface area (Å²) in [6.07, 6.45) is 10.4. The Balaban J connectivity index is 1.32. The van der Waals surface area contributed by atoms with E-state index in [0.29, 0.717) is 22.3 Å². The van der Waals surface area contributed by atoms with Crippen molar-refractivity contribution in [2.24, 2.45) is 0 Å². The topological polar surface area (TPSA) is 75.9 Å². The Hall–Kier alpha value is -2.45.